The number of nitrogens with zero attached hydrogens (tertiary/aromatic N) is 2. The number of nitrogens with one attached hydrogen (secondary N) is 2. The fourth-order valence-corrected chi connectivity index (χ4v) is 6.76. The molecule has 7 rings (SSSR count). The van der Waals surface area contributed by atoms with Crippen LogP contribution in [0.5, 0.6) is 5.75 Å². The third-order valence-corrected chi connectivity index (χ3v) is 9.02. The Morgan fingerprint density at radius 3 is 2.78 bits per heavy atom. The number of primary amides is 1. The number of aromatic nitrogens is 3. The van der Waals surface area contributed by atoms with E-state index in [0.29, 0.717) is 46.0 Å². The van der Waals surface area contributed by atoms with Crippen molar-refractivity contribution in [2.75, 3.05) is 26.9 Å². The van der Waals surface area contributed by atoms with Gasteiger partial charge in [0, 0.05) is 52.1 Å². The summed E-state index contributed by atoms with van der Waals surface area (Å²) in [6.45, 7) is 6.21. The number of ether oxygens (including phenoxy) is 2. The summed E-state index contributed by atoms with van der Waals surface area (Å²) in [6.07, 6.45) is 0.946. The fraction of sp³-hybridized carbons (Fsp3) is 0.171. The summed E-state index contributed by atoms with van der Waals surface area (Å²) in [5.41, 5.74) is 14.2. The molecule has 0 unspecified atom stereocenters. The summed E-state index contributed by atoms with van der Waals surface area (Å²) in [5, 5.41) is 6.46. The van der Waals surface area contributed by atoms with E-state index < -0.39 is 11.7 Å². The Bertz CT molecular complexity index is 2120. The molecular formula is C35H30FN5O3S. The van der Waals surface area contributed by atoms with Crippen LogP contribution in [0.25, 0.3) is 60.6 Å². The van der Waals surface area contributed by atoms with Crippen LogP contribution in [0.4, 0.5) is 4.39 Å². The van der Waals surface area contributed by atoms with Crippen LogP contribution in [-0.4, -0.2) is 47.7 Å². The van der Waals surface area contributed by atoms with Gasteiger partial charge in [0.25, 0.3) is 0 Å². The van der Waals surface area contributed by atoms with Crippen LogP contribution in [0.3, 0.4) is 0 Å². The monoisotopic (exact) mass is 619 g/mol. The molecule has 0 aliphatic carbocycles. The van der Waals surface area contributed by atoms with Gasteiger partial charge < -0.3 is 25.5 Å². The van der Waals surface area contributed by atoms with Gasteiger partial charge in [-0.3, -0.25) is 4.79 Å². The smallest absolute Gasteiger partial charge is 0.248 e. The maximum absolute atomic E-state index is 14.6. The number of fused-ring (bicyclic) bond motifs is 3. The second kappa shape index (κ2) is 11.9. The second-order valence-corrected chi connectivity index (χ2v) is 11.8. The molecular weight excluding hydrogens is 589 g/mol. The van der Waals surface area contributed by atoms with E-state index in [0.717, 1.165) is 46.4 Å². The average molecular weight is 620 g/mol. The number of H-pyrrole nitrogens is 1. The normalized spacial score (nSPS) is 12.8. The number of carbonyl (C=O) groups is 1. The third-order valence-electron chi connectivity index (χ3n) is 8.08. The molecule has 8 nitrogen and oxygen atoms in total. The standard InChI is InChI=1S/C35H30FN5O3S/c1-19(34(37)42)20-5-8-27-28(16-20)40-35(39-27)32-30(25-7-6-24(36)17-29(25)44-13-12-43-2)33-26(10-14-45-33)31(41-32)22-3-4-23-18-38-11-9-21(23)15-22/h3-8,10,14-17,38H,1,9,11-13,18H2,2H3,(H2,37,42)(H,39,40). The molecule has 3 aromatic heterocycles. The SMILES string of the molecule is C=C(C(N)=O)c1ccc2nc(-c3nc(-c4ccc5c(c4)CCNC5)c4ccsc4c3-c3ccc(F)cc3OCCOC)[nH]c2c1. The second-order valence-electron chi connectivity index (χ2n) is 10.9. The van der Waals surface area contributed by atoms with E-state index in [4.69, 9.17) is 25.2 Å². The van der Waals surface area contributed by atoms with Crippen molar-refractivity contribution in [1.29, 1.82) is 0 Å². The van der Waals surface area contributed by atoms with Crippen LogP contribution in [0.2, 0.25) is 0 Å². The van der Waals surface area contributed by atoms with Gasteiger partial charge in [-0.05, 0) is 71.4 Å². The van der Waals surface area contributed by atoms with Crippen molar-refractivity contribution in [2.24, 2.45) is 5.73 Å². The number of hydrogen-bond donors (Lipinski definition) is 3. The van der Waals surface area contributed by atoms with Gasteiger partial charge >= 0.3 is 0 Å². The number of hydrogen-bond acceptors (Lipinski definition) is 7. The van der Waals surface area contributed by atoms with Gasteiger partial charge in [-0.1, -0.05) is 24.8 Å². The number of aromatic amines is 1. The Balaban J connectivity index is 1.48. The zero-order valence-corrected chi connectivity index (χ0v) is 25.4. The predicted molar refractivity (Wildman–Crippen MR) is 177 cm³/mol. The number of rotatable bonds is 9. The lowest BCUT2D eigenvalue weighted by Crippen LogP contribution is -2.23. The molecule has 0 radical (unpaired) electrons. The molecule has 0 saturated heterocycles. The lowest BCUT2D eigenvalue weighted by Gasteiger charge is -2.19. The summed E-state index contributed by atoms with van der Waals surface area (Å²) in [6, 6.07) is 18.5. The van der Waals surface area contributed by atoms with E-state index in [1.165, 1.54) is 23.3 Å². The Kier molecular flexibility index (Phi) is 7.62. The number of carbonyl (C=O) groups excluding carboxylic acids is 1. The molecule has 1 amide bonds. The summed E-state index contributed by atoms with van der Waals surface area (Å²) < 4.78 is 26.8. The van der Waals surface area contributed by atoms with Gasteiger partial charge in [0.2, 0.25) is 5.91 Å². The highest BCUT2D eigenvalue weighted by molar-refractivity contribution is 7.18. The molecule has 10 heteroatoms. The number of pyridine rings is 1. The molecule has 6 aromatic rings. The van der Waals surface area contributed by atoms with E-state index >= 15 is 0 Å². The lowest BCUT2D eigenvalue weighted by molar-refractivity contribution is -0.112. The highest BCUT2D eigenvalue weighted by Crippen LogP contribution is 2.46. The minimum absolute atomic E-state index is 0.209. The zero-order chi connectivity index (χ0) is 31.1. The number of nitrogens with two attached hydrogens (primary N) is 1. The molecule has 226 valence electrons. The lowest BCUT2D eigenvalue weighted by atomic mass is 9.94. The summed E-state index contributed by atoms with van der Waals surface area (Å²) in [5.74, 6) is -0.0964. The van der Waals surface area contributed by atoms with Gasteiger partial charge in [-0.25, -0.2) is 14.4 Å². The van der Waals surface area contributed by atoms with Gasteiger partial charge in [-0.15, -0.1) is 11.3 Å². The van der Waals surface area contributed by atoms with Crippen molar-refractivity contribution in [3.63, 3.8) is 0 Å². The first-order valence-corrected chi connectivity index (χ1v) is 15.4. The minimum Gasteiger partial charge on any atom is -0.490 e. The Labute approximate surface area is 262 Å². The summed E-state index contributed by atoms with van der Waals surface area (Å²) in [4.78, 5) is 25.5. The van der Waals surface area contributed by atoms with Crippen LogP contribution >= 0.6 is 11.3 Å². The van der Waals surface area contributed by atoms with Crippen LogP contribution < -0.4 is 15.8 Å². The first-order valence-electron chi connectivity index (χ1n) is 14.6. The van der Waals surface area contributed by atoms with Gasteiger partial charge in [-0.2, -0.15) is 0 Å². The third kappa shape index (κ3) is 5.37. The van der Waals surface area contributed by atoms with Crippen LogP contribution in [0, 0.1) is 5.82 Å². The molecule has 4 heterocycles. The van der Waals surface area contributed by atoms with E-state index in [1.807, 2.05) is 11.4 Å². The van der Waals surface area contributed by atoms with Crippen molar-refractivity contribution in [1.82, 2.24) is 20.3 Å². The van der Waals surface area contributed by atoms with Gasteiger partial charge in [0.1, 0.15) is 23.9 Å². The van der Waals surface area contributed by atoms with Crippen molar-refractivity contribution < 1.29 is 18.7 Å². The number of thiophene rings is 1. The number of methoxy groups -OCH3 is 1. The number of benzene rings is 3. The quantitative estimate of drug-likeness (QED) is 0.126. The van der Waals surface area contributed by atoms with E-state index in [2.05, 4.69) is 41.1 Å². The first-order chi connectivity index (χ1) is 21.9. The number of imidazole rings is 1. The van der Waals surface area contributed by atoms with E-state index in [1.54, 1.807) is 36.6 Å². The number of halogens is 1. The van der Waals surface area contributed by atoms with Crippen molar-refractivity contribution in [3.05, 3.63) is 95.1 Å². The van der Waals surface area contributed by atoms with Crippen molar-refractivity contribution >= 4 is 43.9 Å². The molecule has 1 aliphatic heterocycles. The maximum Gasteiger partial charge on any atom is 0.248 e. The Morgan fingerprint density at radius 2 is 1.93 bits per heavy atom. The highest BCUT2D eigenvalue weighted by Gasteiger charge is 2.24. The molecule has 0 saturated carbocycles. The van der Waals surface area contributed by atoms with Crippen LogP contribution in [0.1, 0.15) is 16.7 Å². The molecule has 3 aromatic carbocycles. The minimum atomic E-state index is -0.594. The highest BCUT2D eigenvalue weighted by atomic mass is 32.1. The Hall–Kier alpha value is -4.90. The molecule has 0 atom stereocenters. The zero-order valence-electron chi connectivity index (χ0n) is 24.6. The molecule has 0 spiro atoms. The largest absolute Gasteiger partial charge is 0.490 e. The van der Waals surface area contributed by atoms with Gasteiger partial charge in [0.15, 0.2) is 5.82 Å². The summed E-state index contributed by atoms with van der Waals surface area (Å²) >= 11 is 1.58. The molecule has 4 N–H and O–H groups in total. The average Bonchev–Trinajstić information content (AvgIpc) is 3.71. The van der Waals surface area contributed by atoms with Crippen LogP contribution in [0.15, 0.2) is 72.6 Å². The maximum atomic E-state index is 14.6. The summed E-state index contributed by atoms with van der Waals surface area (Å²) in [7, 11) is 1.59. The van der Waals surface area contributed by atoms with Gasteiger partial charge in [0.05, 0.1) is 23.3 Å². The molecule has 45 heavy (non-hydrogen) atoms. The van der Waals surface area contributed by atoms with E-state index in [9.17, 15) is 9.18 Å². The van der Waals surface area contributed by atoms with Crippen LogP contribution in [-0.2, 0) is 22.5 Å². The van der Waals surface area contributed by atoms with E-state index in [-0.39, 0.29) is 12.2 Å². The van der Waals surface area contributed by atoms with Crippen molar-refractivity contribution in [3.8, 4) is 39.7 Å². The first kappa shape index (κ1) is 28.8. The topological polar surface area (TPSA) is 115 Å². The fourth-order valence-electron chi connectivity index (χ4n) is 5.80. The molecule has 1 aliphatic rings. The molecule has 0 fully saturated rings. The number of amides is 1. The molecule has 0 bridgehead atoms. The predicted octanol–water partition coefficient (Wildman–Crippen LogP) is 6.48. The van der Waals surface area contributed by atoms with Crippen molar-refractivity contribution in [2.45, 2.75) is 13.0 Å². The Morgan fingerprint density at radius 1 is 1.04 bits per heavy atom.